The van der Waals surface area contributed by atoms with Gasteiger partial charge in [0.05, 0.1) is 6.10 Å². The maximum atomic E-state index is 12.2. The fraction of sp³-hybridized carbons (Fsp3) is 0.938. The second kappa shape index (κ2) is 10.2. The minimum absolute atomic E-state index is 0.244. The van der Waals surface area contributed by atoms with E-state index in [-0.39, 0.29) is 12.0 Å². The average molecular weight is 284 g/mol. The van der Waals surface area contributed by atoms with Gasteiger partial charge in [-0.15, -0.1) is 0 Å². The highest BCUT2D eigenvalue weighted by Crippen LogP contribution is 2.18. The maximum absolute atomic E-state index is 12.2. The lowest BCUT2D eigenvalue weighted by Gasteiger charge is -2.28. The Morgan fingerprint density at radius 1 is 1.35 bits per heavy atom. The Balaban J connectivity index is 2.25. The smallest absolute Gasteiger partial charge is 0.222 e. The summed E-state index contributed by atoms with van der Waals surface area (Å²) in [5, 5.41) is 0. The first kappa shape index (κ1) is 17.4. The molecule has 2 N–H and O–H groups in total. The lowest BCUT2D eigenvalue weighted by Crippen LogP contribution is -2.37. The van der Waals surface area contributed by atoms with Crippen LogP contribution in [0.15, 0.2) is 0 Å². The molecule has 1 aliphatic heterocycles. The van der Waals surface area contributed by atoms with Crippen LogP contribution in [0.2, 0.25) is 0 Å². The molecule has 0 spiro atoms. The lowest BCUT2D eigenvalue weighted by atomic mass is 9.94. The van der Waals surface area contributed by atoms with Crippen LogP contribution in [0.25, 0.3) is 0 Å². The summed E-state index contributed by atoms with van der Waals surface area (Å²) in [6, 6.07) is 0. The highest BCUT2D eigenvalue weighted by atomic mass is 16.5. The Kier molecular flexibility index (Phi) is 8.86. The van der Waals surface area contributed by atoms with Crippen LogP contribution in [-0.2, 0) is 9.53 Å². The van der Waals surface area contributed by atoms with Gasteiger partial charge in [0.25, 0.3) is 0 Å². The van der Waals surface area contributed by atoms with Crippen LogP contribution in [0.3, 0.4) is 0 Å². The van der Waals surface area contributed by atoms with Gasteiger partial charge in [-0.05, 0) is 44.6 Å². The van der Waals surface area contributed by atoms with Gasteiger partial charge < -0.3 is 15.4 Å². The average Bonchev–Trinajstić information content (AvgIpc) is 2.46. The maximum Gasteiger partial charge on any atom is 0.222 e. The van der Waals surface area contributed by atoms with Gasteiger partial charge in [-0.2, -0.15) is 0 Å². The zero-order valence-corrected chi connectivity index (χ0v) is 13.3. The minimum Gasteiger partial charge on any atom is -0.376 e. The third-order valence-corrected chi connectivity index (χ3v) is 4.22. The van der Waals surface area contributed by atoms with E-state index in [0.29, 0.717) is 12.3 Å². The number of hydrogen-bond donors (Lipinski definition) is 1. The molecule has 0 aromatic carbocycles. The second-order valence-electron chi connectivity index (χ2n) is 6.03. The Morgan fingerprint density at radius 3 is 2.75 bits per heavy atom. The van der Waals surface area contributed by atoms with Crippen molar-refractivity contribution in [3.63, 3.8) is 0 Å². The van der Waals surface area contributed by atoms with Crippen molar-refractivity contribution in [1.82, 2.24) is 4.90 Å². The quantitative estimate of drug-likeness (QED) is 0.708. The van der Waals surface area contributed by atoms with Crippen LogP contribution < -0.4 is 5.73 Å². The van der Waals surface area contributed by atoms with Crippen LogP contribution in [0, 0.1) is 5.92 Å². The zero-order chi connectivity index (χ0) is 14.8. The van der Waals surface area contributed by atoms with E-state index in [1.807, 2.05) is 11.9 Å². The molecule has 0 aromatic rings. The van der Waals surface area contributed by atoms with Crippen LogP contribution in [0.5, 0.6) is 0 Å². The molecule has 0 saturated carbocycles. The number of amides is 1. The normalized spacial score (nSPS) is 20.6. The van der Waals surface area contributed by atoms with E-state index < -0.39 is 0 Å². The van der Waals surface area contributed by atoms with Gasteiger partial charge in [-0.1, -0.05) is 19.8 Å². The predicted octanol–water partition coefficient (Wildman–Crippen LogP) is 2.56. The van der Waals surface area contributed by atoms with Gasteiger partial charge >= 0.3 is 0 Å². The third kappa shape index (κ3) is 6.71. The van der Waals surface area contributed by atoms with E-state index in [1.54, 1.807) is 0 Å². The molecule has 0 radical (unpaired) electrons. The predicted molar refractivity (Wildman–Crippen MR) is 82.5 cm³/mol. The standard InChI is InChI=1S/C16H32N2O2/c1-3-6-14(10-11-17)8-9-16(19)18(2)13-15-7-4-5-12-20-15/h14-15H,3-13,17H2,1-2H3. The van der Waals surface area contributed by atoms with E-state index in [4.69, 9.17) is 10.5 Å². The molecule has 20 heavy (non-hydrogen) atoms. The Bertz CT molecular complexity index is 259. The van der Waals surface area contributed by atoms with Crippen molar-refractivity contribution in [3.05, 3.63) is 0 Å². The van der Waals surface area contributed by atoms with E-state index in [0.717, 1.165) is 45.4 Å². The van der Waals surface area contributed by atoms with Gasteiger partial charge in [0.2, 0.25) is 5.91 Å². The van der Waals surface area contributed by atoms with Crippen molar-refractivity contribution in [3.8, 4) is 0 Å². The topological polar surface area (TPSA) is 55.6 Å². The molecule has 2 atom stereocenters. The fourth-order valence-electron chi connectivity index (χ4n) is 2.95. The summed E-state index contributed by atoms with van der Waals surface area (Å²) in [5.74, 6) is 0.852. The van der Waals surface area contributed by atoms with E-state index in [1.165, 1.54) is 19.3 Å². The molecule has 4 nitrogen and oxygen atoms in total. The molecule has 0 aromatic heterocycles. The summed E-state index contributed by atoms with van der Waals surface area (Å²) in [6.07, 6.45) is 8.72. The number of likely N-dealkylation sites (N-methyl/N-ethyl adjacent to an activating group) is 1. The number of nitrogens with zero attached hydrogens (tertiary/aromatic N) is 1. The summed E-state index contributed by atoms with van der Waals surface area (Å²) in [5.41, 5.74) is 5.64. The first-order valence-corrected chi connectivity index (χ1v) is 8.23. The highest BCUT2D eigenvalue weighted by Gasteiger charge is 2.19. The van der Waals surface area contributed by atoms with Crippen LogP contribution in [0.4, 0.5) is 0 Å². The van der Waals surface area contributed by atoms with Gasteiger partial charge in [-0.3, -0.25) is 4.79 Å². The molecule has 2 unspecified atom stereocenters. The summed E-state index contributed by atoms with van der Waals surface area (Å²) < 4.78 is 5.69. The van der Waals surface area contributed by atoms with Crippen LogP contribution in [-0.4, -0.2) is 43.7 Å². The monoisotopic (exact) mass is 284 g/mol. The molecule has 1 amide bonds. The van der Waals surface area contributed by atoms with Crippen molar-refractivity contribution in [2.75, 3.05) is 26.7 Å². The van der Waals surface area contributed by atoms with Crippen molar-refractivity contribution in [2.45, 2.75) is 64.4 Å². The number of nitrogens with two attached hydrogens (primary N) is 1. The number of rotatable bonds is 9. The largest absolute Gasteiger partial charge is 0.376 e. The van der Waals surface area contributed by atoms with Gasteiger partial charge in [0.1, 0.15) is 0 Å². The Morgan fingerprint density at radius 2 is 2.15 bits per heavy atom. The molecular weight excluding hydrogens is 252 g/mol. The van der Waals surface area contributed by atoms with Gasteiger partial charge in [0.15, 0.2) is 0 Å². The van der Waals surface area contributed by atoms with E-state index >= 15 is 0 Å². The molecule has 1 fully saturated rings. The summed E-state index contributed by atoms with van der Waals surface area (Å²) in [4.78, 5) is 14.0. The summed E-state index contributed by atoms with van der Waals surface area (Å²) in [6.45, 7) is 4.51. The van der Waals surface area contributed by atoms with E-state index in [9.17, 15) is 4.79 Å². The first-order chi connectivity index (χ1) is 9.67. The van der Waals surface area contributed by atoms with Crippen molar-refractivity contribution < 1.29 is 9.53 Å². The van der Waals surface area contributed by atoms with Crippen LogP contribution in [0.1, 0.15) is 58.3 Å². The number of ether oxygens (including phenoxy) is 1. The lowest BCUT2D eigenvalue weighted by molar-refractivity contribution is -0.132. The Hall–Kier alpha value is -0.610. The summed E-state index contributed by atoms with van der Waals surface area (Å²) in [7, 11) is 1.90. The molecule has 0 bridgehead atoms. The molecule has 0 aliphatic carbocycles. The van der Waals surface area contributed by atoms with Crippen molar-refractivity contribution >= 4 is 5.91 Å². The highest BCUT2D eigenvalue weighted by molar-refractivity contribution is 5.75. The molecular formula is C16H32N2O2. The third-order valence-electron chi connectivity index (χ3n) is 4.22. The second-order valence-corrected chi connectivity index (χ2v) is 6.03. The number of hydrogen-bond acceptors (Lipinski definition) is 3. The van der Waals surface area contributed by atoms with Gasteiger partial charge in [-0.25, -0.2) is 0 Å². The number of carbonyl (C=O) groups excluding carboxylic acids is 1. The van der Waals surface area contributed by atoms with E-state index in [2.05, 4.69) is 6.92 Å². The zero-order valence-electron chi connectivity index (χ0n) is 13.3. The summed E-state index contributed by atoms with van der Waals surface area (Å²) >= 11 is 0. The minimum atomic E-state index is 0.244. The molecule has 118 valence electrons. The number of carbonyl (C=O) groups is 1. The Labute approximate surface area is 124 Å². The van der Waals surface area contributed by atoms with Crippen LogP contribution >= 0.6 is 0 Å². The first-order valence-electron chi connectivity index (χ1n) is 8.23. The SMILES string of the molecule is CCCC(CCN)CCC(=O)N(C)CC1CCCCO1. The molecule has 1 saturated heterocycles. The van der Waals surface area contributed by atoms with Crippen molar-refractivity contribution in [1.29, 1.82) is 0 Å². The van der Waals surface area contributed by atoms with Crippen molar-refractivity contribution in [2.24, 2.45) is 11.7 Å². The fourth-order valence-corrected chi connectivity index (χ4v) is 2.95. The van der Waals surface area contributed by atoms with Gasteiger partial charge in [0, 0.05) is 26.6 Å². The molecule has 4 heteroatoms. The molecule has 1 rings (SSSR count). The molecule has 1 aliphatic rings. The molecule has 1 heterocycles.